The van der Waals surface area contributed by atoms with Crippen LogP contribution >= 0.6 is 0 Å². The molecule has 0 aliphatic heterocycles. The molecule has 1 rings (SSSR count). The molecule has 0 aromatic carbocycles. The molecule has 1 aliphatic carbocycles. The largest absolute Gasteiger partial charge is 0.379 e. The topological polar surface area (TPSA) is 46.2 Å². The monoisotopic (exact) mass is 87.1 g/mol. The summed E-state index contributed by atoms with van der Waals surface area (Å²) in [6, 6.07) is 0. The summed E-state index contributed by atoms with van der Waals surface area (Å²) >= 11 is 0. The van der Waals surface area contributed by atoms with Crippen LogP contribution in [0.3, 0.4) is 0 Å². The Balaban J connectivity index is 2.13. The molecule has 6 heavy (non-hydrogen) atoms. The van der Waals surface area contributed by atoms with E-state index in [4.69, 9.17) is 10.8 Å². The molecule has 1 atom stereocenters. The van der Waals surface area contributed by atoms with Crippen LogP contribution in [0, 0.1) is 5.92 Å². The van der Waals surface area contributed by atoms with E-state index in [9.17, 15) is 0 Å². The second kappa shape index (κ2) is 1.21. The van der Waals surface area contributed by atoms with E-state index in [1.165, 1.54) is 0 Å². The van der Waals surface area contributed by atoms with Gasteiger partial charge >= 0.3 is 0 Å². The molecule has 0 unspecified atom stereocenters. The zero-order valence-electron chi connectivity index (χ0n) is 3.59. The van der Waals surface area contributed by atoms with Gasteiger partial charge in [-0.05, 0) is 18.8 Å². The van der Waals surface area contributed by atoms with E-state index in [2.05, 4.69) is 0 Å². The van der Waals surface area contributed by atoms with Gasteiger partial charge in [0.2, 0.25) is 0 Å². The molecule has 0 saturated heterocycles. The second-order valence-electron chi connectivity index (χ2n) is 1.83. The highest BCUT2D eigenvalue weighted by Crippen LogP contribution is 2.29. The third kappa shape index (κ3) is 0.698. The van der Waals surface area contributed by atoms with E-state index in [-0.39, 0.29) is 0 Å². The fourth-order valence-electron chi connectivity index (χ4n) is 0.438. The van der Waals surface area contributed by atoms with Crippen molar-refractivity contribution in [1.82, 2.24) is 0 Å². The van der Waals surface area contributed by atoms with Crippen LogP contribution in [0.15, 0.2) is 0 Å². The molecule has 0 bridgehead atoms. The smallest absolute Gasteiger partial charge is 0.105 e. The van der Waals surface area contributed by atoms with Crippen molar-refractivity contribution in [3.8, 4) is 0 Å². The van der Waals surface area contributed by atoms with Gasteiger partial charge < -0.3 is 10.8 Å². The van der Waals surface area contributed by atoms with Gasteiger partial charge in [-0.15, -0.1) is 0 Å². The van der Waals surface area contributed by atoms with E-state index in [0.29, 0.717) is 5.92 Å². The summed E-state index contributed by atoms with van der Waals surface area (Å²) < 4.78 is 0. The van der Waals surface area contributed by atoms with Crippen LogP contribution in [-0.4, -0.2) is 11.3 Å². The van der Waals surface area contributed by atoms with Crippen molar-refractivity contribution in [2.75, 3.05) is 0 Å². The number of aliphatic hydroxyl groups is 1. The van der Waals surface area contributed by atoms with E-state index >= 15 is 0 Å². The number of nitrogens with two attached hydrogens (primary N) is 1. The van der Waals surface area contributed by atoms with Crippen LogP contribution in [-0.2, 0) is 0 Å². The quantitative estimate of drug-likeness (QED) is 0.430. The molecular weight excluding hydrogens is 78.0 g/mol. The van der Waals surface area contributed by atoms with Gasteiger partial charge in [0.25, 0.3) is 0 Å². The van der Waals surface area contributed by atoms with Crippen molar-refractivity contribution in [2.45, 2.75) is 19.1 Å². The highest BCUT2D eigenvalue weighted by molar-refractivity contribution is 4.76. The lowest BCUT2D eigenvalue weighted by molar-refractivity contribution is 0.159. The number of hydrogen-bond acceptors (Lipinski definition) is 2. The molecule has 2 nitrogen and oxygen atoms in total. The predicted octanol–water partition coefficient (Wildman–Crippen LogP) is -0.327. The summed E-state index contributed by atoms with van der Waals surface area (Å²) in [4.78, 5) is 0. The van der Waals surface area contributed by atoms with Crippen molar-refractivity contribution < 1.29 is 5.11 Å². The van der Waals surface area contributed by atoms with E-state index < -0.39 is 6.23 Å². The average molecular weight is 87.1 g/mol. The maximum atomic E-state index is 8.47. The zero-order chi connectivity index (χ0) is 4.57. The molecule has 0 radical (unpaired) electrons. The average Bonchev–Trinajstić information content (AvgIpc) is 2.06. The van der Waals surface area contributed by atoms with Crippen molar-refractivity contribution in [3.63, 3.8) is 0 Å². The van der Waals surface area contributed by atoms with Gasteiger partial charge in [0, 0.05) is 0 Å². The maximum absolute atomic E-state index is 8.47. The molecule has 1 aliphatic rings. The van der Waals surface area contributed by atoms with E-state index in [0.717, 1.165) is 12.8 Å². The molecular formula is C4H9NO. The molecule has 36 valence electrons. The highest BCUT2D eigenvalue weighted by Gasteiger charge is 2.26. The van der Waals surface area contributed by atoms with Crippen molar-refractivity contribution in [1.29, 1.82) is 0 Å². The third-order valence-corrected chi connectivity index (χ3v) is 1.10. The summed E-state index contributed by atoms with van der Waals surface area (Å²) in [5.41, 5.74) is 5.05. The molecule has 0 amide bonds. The minimum Gasteiger partial charge on any atom is -0.379 e. The molecule has 1 saturated carbocycles. The Bertz CT molecular complexity index is 49.5. The van der Waals surface area contributed by atoms with Crippen LogP contribution in [0.5, 0.6) is 0 Å². The first-order chi connectivity index (χ1) is 2.80. The Morgan fingerprint density at radius 2 is 2.17 bits per heavy atom. The summed E-state index contributed by atoms with van der Waals surface area (Å²) in [5.74, 6) is 0.435. The molecule has 0 spiro atoms. The van der Waals surface area contributed by atoms with Crippen LogP contribution in [0.1, 0.15) is 12.8 Å². The lowest BCUT2D eigenvalue weighted by Crippen LogP contribution is -2.20. The fraction of sp³-hybridized carbons (Fsp3) is 1.00. The van der Waals surface area contributed by atoms with Crippen molar-refractivity contribution >= 4 is 0 Å². The normalized spacial score (nSPS) is 27.0. The molecule has 3 N–H and O–H groups in total. The standard InChI is InChI=1S/C4H9NO/c5-4(6)3-1-2-3/h3-4,6H,1-2,5H2/t4-/m0/s1. The van der Waals surface area contributed by atoms with Gasteiger partial charge in [-0.25, -0.2) is 0 Å². The molecule has 2 heteroatoms. The second-order valence-corrected chi connectivity index (χ2v) is 1.83. The third-order valence-electron chi connectivity index (χ3n) is 1.10. The Labute approximate surface area is 37.0 Å². The van der Waals surface area contributed by atoms with E-state index in [1.807, 2.05) is 0 Å². The number of rotatable bonds is 1. The van der Waals surface area contributed by atoms with Gasteiger partial charge in [0.05, 0.1) is 0 Å². The summed E-state index contributed by atoms with van der Waals surface area (Å²) in [6.45, 7) is 0. The zero-order valence-corrected chi connectivity index (χ0v) is 3.59. The van der Waals surface area contributed by atoms with Crippen LogP contribution in [0.25, 0.3) is 0 Å². The SMILES string of the molecule is N[C@@H](O)C1CC1. The molecule has 1 fully saturated rings. The molecule has 0 aromatic heterocycles. The van der Waals surface area contributed by atoms with Gasteiger partial charge in [0.15, 0.2) is 0 Å². The fourth-order valence-corrected chi connectivity index (χ4v) is 0.438. The Kier molecular flexibility index (Phi) is 0.821. The Hall–Kier alpha value is -0.0800. The van der Waals surface area contributed by atoms with Gasteiger partial charge in [0.1, 0.15) is 6.23 Å². The van der Waals surface area contributed by atoms with Crippen LogP contribution < -0.4 is 5.73 Å². The summed E-state index contributed by atoms with van der Waals surface area (Å²) in [6.07, 6.45) is 1.71. The molecule has 0 aromatic rings. The first-order valence-electron chi connectivity index (χ1n) is 2.24. The van der Waals surface area contributed by atoms with Crippen molar-refractivity contribution in [3.05, 3.63) is 0 Å². The molecule has 0 heterocycles. The lowest BCUT2D eigenvalue weighted by Gasteiger charge is -1.94. The first-order valence-corrected chi connectivity index (χ1v) is 2.24. The predicted molar refractivity (Wildman–Crippen MR) is 22.9 cm³/mol. The van der Waals surface area contributed by atoms with Crippen LogP contribution in [0.4, 0.5) is 0 Å². The van der Waals surface area contributed by atoms with Crippen LogP contribution in [0.2, 0.25) is 0 Å². The first kappa shape index (κ1) is 4.09. The van der Waals surface area contributed by atoms with E-state index in [1.54, 1.807) is 0 Å². The minimum atomic E-state index is -0.537. The highest BCUT2D eigenvalue weighted by atomic mass is 16.3. The maximum Gasteiger partial charge on any atom is 0.105 e. The van der Waals surface area contributed by atoms with Gasteiger partial charge in [-0.3, -0.25) is 0 Å². The number of hydrogen-bond donors (Lipinski definition) is 2. The lowest BCUT2D eigenvalue weighted by atomic mass is 10.4. The Morgan fingerprint density at radius 1 is 1.67 bits per heavy atom. The minimum absolute atomic E-state index is 0.435. The Morgan fingerprint density at radius 3 is 2.17 bits per heavy atom. The summed E-state index contributed by atoms with van der Waals surface area (Å²) in [7, 11) is 0. The summed E-state index contributed by atoms with van der Waals surface area (Å²) in [5, 5.41) is 8.47. The van der Waals surface area contributed by atoms with Gasteiger partial charge in [-0.2, -0.15) is 0 Å². The van der Waals surface area contributed by atoms with Crippen molar-refractivity contribution in [2.24, 2.45) is 11.7 Å². The number of aliphatic hydroxyl groups excluding tert-OH is 1. The van der Waals surface area contributed by atoms with Gasteiger partial charge in [-0.1, -0.05) is 0 Å².